The van der Waals surface area contributed by atoms with Gasteiger partial charge in [-0.3, -0.25) is 9.59 Å². The first-order chi connectivity index (χ1) is 15.0. The van der Waals surface area contributed by atoms with E-state index in [0.29, 0.717) is 42.5 Å². The lowest BCUT2D eigenvalue weighted by atomic mass is 10.1. The molecule has 1 N–H and O–H groups in total. The number of hydrogen-bond donors (Lipinski definition) is 1. The molecule has 0 fully saturated rings. The topological polar surface area (TPSA) is 75.3 Å². The Morgan fingerprint density at radius 3 is 2.68 bits per heavy atom. The summed E-state index contributed by atoms with van der Waals surface area (Å²) in [5.74, 6) is 1.51. The lowest BCUT2D eigenvalue weighted by Crippen LogP contribution is -2.26. The van der Waals surface area contributed by atoms with Crippen molar-refractivity contribution in [3.8, 4) is 5.75 Å². The summed E-state index contributed by atoms with van der Waals surface area (Å²) in [4.78, 5) is 33.8. The zero-order valence-corrected chi connectivity index (χ0v) is 17.7. The number of amides is 1. The number of carbonyl (C=O) groups excluding carboxylic acids is 1. The first-order valence-electron chi connectivity index (χ1n) is 10.3. The van der Waals surface area contributed by atoms with Crippen LogP contribution < -0.4 is 10.3 Å². The number of nitrogens with one attached hydrogen (secondary N) is 1. The number of aryl methyl sites for hydroxylation is 1. The highest BCUT2D eigenvalue weighted by atomic mass is 16.5. The van der Waals surface area contributed by atoms with E-state index in [1.807, 2.05) is 55.6 Å². The second-order valence-corrected chi connectivity index (χ2v) is 7.68. The summed E-state index contributed by atoms with van der Waals surface area (Å²) in [6.45, 7) is 0.547. The minimum absolute atomic E-state index is 0.0676. The quantitative estimate of drug-likeness (QED) is 0.494. The number of ether oxygens (including phenoxy) is 1. The van der Waals surface area contributed by atoms with Gasteiger partial charge in [-0.05, 0) is 53.1 Å². The lowest BCUT2D eigenvalue weighted by Gasteiger charge is -2.17. The molecule has 4 rings (SSSR count). The highest BCUT2D eigenvalue weighted by molar-refractivity contribution is 5.84. The van der Waals surface area contributed by atoms with E-state index < -0.39 is 0 Å². The third kappa shape index (κ3) is 4.74. The molecule has 1 heterocycles. The third-order valence-corrected chi connectivity index (χ3v) is 5.42. The molecule has 0 aliphatic heterocycles. The number of H-pyrrole nitrogens is 1. The molecule has 0 unspecified atom stereocenters. The van der Waals surface area contributed by atoms with E-state index in [1.54, 1.807) is 18.1 Å². The van der Waals surface area contributed by atoms with Gasteiger partial charge < -0.3 is 14.6 Å². The minimum Gasteiger partial charge on any atom is -0.497 e. The van der Waals surface area contributed by atoms with Crippen LogP contribution in [0.15, 0.2) is 65.5 Å². The Kier molecular flexibility index (Phi) is 5.98. The van der Waals surface area contributed by atoms with Gasteiger partial charge in [0.25, 0.3) is 5.56 Å². The number of hydrogen-bond acceptors (Lipinski definition) is 4. The normalized spacial score (nSPS) is 11.0. The van der Waals surface area contributed by atoms with Crippen molar-refractivity contribution in [3.63, 3.8) is 0 Å². The van der Waals surface area contributed by atoms with Crippen molar-refractivity contribution >= 4 is 27.6 Å². The molecule has 3 aromatic carbocycles. The van der Waals surface area contributed by atoms with Gasteiger partial charge in [0.05, 0.1) is 18.0 Å². The third-order valence-electron chi connectivity index (χ3n) is 5.42. The maximum atomic E-state index is 12.6. The molecule has 0 aliphatic carbocycles. The van der Waals surface area contributed by atoms with Gasteiger partial charge in [0.15, 0.2) is 0 Å². The number of methoxy groups -OCH3 is 1. The van der Waals surface area contributed by atoms with Gasteiger partial charge in [-0.15, -0.1) is 0 Å². The number of aromatic nitrogens is 2. The number of aromatic amines is 1. The Balaban J connectivity index is 1.34. The van der Waals surface area contributed by atoms with Crippen LogP contribution in [0.25, 0.3) is 21.7 Å². The number of fused-ring (bicyclic) bond motifs is 2. The molecule has 31 heavy (non-hydrogen) atoms. The molecule has 4 aromatic rings. The summed E-state index contributed by atoms with van der Waals surface area (Å²) in [6.07, 6.45) is 1.58. The number of benzene rings is 3. The molecule has 158 valence electrons. The van der Waals surface area contributed by atoms with Crippen molar-refractivity contribution in [1.82, 2.24) is 14.9 Å². The zero-order chi connectivity index (χ0) is 21.8. The summed E-state index contributed by atoms with van der Waals surface area (Å²) in [6, 6.07) is 19.4. The van der Waals surface area contributed by atoms with E-state index in [0.717, 1.165) is 22.1 Å². The maximum Gasteiger partial charge on any atom is 0.258 e. The van der Waals surface area contributed by atoms with Gasteiger partial charge in [0.2, 0.25) is 5.91 Å². The number of nitrogens with zero attached hydrogens (tertiary/aromatic N) is 2. The van der Waals surface area contributed by atoms with Crippen molar-refractivity contribution in [2.45, 2.75) is 25.8 Å². The monoisotopic (exact) mass is 415 g/mol. The SMILES string of the molecule is COc1ccc2cc(CN(C)C(=O)CCCc3nc4ccccc4c(=O)[nH]3)ccc2c1. The molecule has 6 heteroatoms. The summed E-state index contributed by atoms with van der Waals surface area (Å²) in [5, 5.41) is 2.80. The van der Waals surface area contributed by atoms with E-state index in [4.69, 9.17) is 4.74 Å². The first-order valence-corrected chi connectivity index (χ1v) is 10.3. The Labute approximate surface area is 180 Å². The Hall–Kier alpha value is -3.67. The molecular weight excluding hydrogens is 390 g/mol. The molecule has 0 spiro atoms. The van der Waals surface area contributed by atoms with Crippen LogP contribution in [0.4, 0.5) is 0 Å². The molecule has 0 radical (unpaired) electrons. The highest BCUT2D eigenvalue weighted by Crippen LogP contribution is 2.22. The van der Waals surface area contributed by atoms with Gasteiger partial charge in [-0.25, -0.2) is 4.98 Å². The van der Waals surface area contributed by atoms with Crippen LogP contribution >= 0.6 is 0 Å². The van der Waals surface area contributed by atoms with E-state index in [-0.39, 0.29) is 11.5 Å². The van der Waals surface area contributed by atoms with Crippen LogP contribution in [-0.4, -0.2) is 34.9 Å². The van der Waals surface area contributed by atoms with Gasteiger partial charge in [-0.2, -0.15) is 0 Å². The zero-order valence-electron chi connectivity index (χ0n) is 17.7. The van der Waals surface area contributed by atoms with Crippen LogP contribution in [0.1, 0.15) is 24.2 Å². The van der Waals surface area contributed by atoms with Gasteiger partial charge in [0, 0.05) is 26.4 Å². The van der Waals surface area contributed by atoms with Gasteiger partial charge in [0.1, 0.15) is 11.6 Å². The maximum absolute atomic E-state index is 12.6. The molecule has 0 saturated heterocycles. The van der Waals surface area contributed by atoms with Crippen molar-refractivity contribution in [2.24, 2.45) is 0 Å². The summed E-state index contributed by atoms with van der Waals surface area (Å²) in [7, 11) is 3.47. The van der Waals surface area contributed by atoms with Crippen LogP contribution in [0.2, 0.25) is 0 Å². The molecule has 6 nitrogen and oxygen atoms in total. The second-order valence-electron chi connectivity index (χ2n) is 7.68. The molecule has 1 aromatic heterocycles. The molecule has 1 amide bonds. The Morgan fingerprint density at radius 2 is 1.84 bits per heavy atom. The number of carbonyl (C=O) groups is 1. The second kappa shape index (κ2) is 9.00. The predicted octanol–water partition coefficient (Wildman–Crippen LogP) is 4.07. The largest absolute Gasteiger partial charge is 0.497 e. The van der Waals surface area contributed by atoms with Gasteiger partial charge in [-0.1, -0.05) is 30.3 Å². The number of para-hydroxylation sites is 1. The molecule has 0 atom stereocenters. The van der Waals surface area contributed by atoms with Gasteiger partial charge >= 0.3 is 0 Å². The Bertz CT molecular complexity index is 1300. The highest BCUT2D eigenvalue weighted by Gasteiger charge is 2.11. The average molecular weight is 415 g/mol. The van der Waals surface area contributed by atoms with E-state index in [1.165, 1.54) is 0 Å². The average Bonchev–Trinajstić information content (AvgIpc) is 2.78. The fraction of sp³-hybridized carbons (Fsp3) is 0.240. The van der Waals surface area contributed by atoms with Crippen molar-refractivity contribution in [1.29, 1.82) is 0 Å². The molecule has 0 bridgehead atoms. The molecule has 0 aliphatic rings. The van der Waals surface area contributed by atoms with Crippen molar-refractivity contribution in [2.75, 3.05) is 14.2 Å². The predicted molar refractivity (Wildman–Crippen MR) is 122 cm³/mol. The smallest absolute Gasteiger partial charge is 0.258 e. The minimum atomic E-state index is -0.141. The van der Waals surface area contributed by atoms with Crippen LogP contribution in [0, 0.1) is 0 Å². The summed E-state index contributed by atoms with van der Waals surface area (Å²) < 4.78 is 5.27. The fourth-order valence-electron chi connectivity index (χ4n) is 3.71. The standard InChI is InChI=1S/C25H25N3O3/c1-28(16-17-10-11-19-15-20(31-2)13-12-18(19)14-17)24(29)9-5-8-23-26-22-7-4-3-6-21(22)25(30)27-23/h3-4,6-7,10-15H,5,8-9,16H2,1-2H3,(H,26,27,30). The number of rotatable bonds is 7. The Morgan fingerprint density at radius 1 is 1.06 bits per heavy atom. The lowest BCUT2D eigenvalue weighted by molar-refractivity contribution is -0.130. The van der Waals surface area contributed by atoms with E-state index >= 15 is 0 Å². The summed E-state index contributed by atoms with van der Waals surface area (Å²) in [5.41, 5.74) is 1.62. The van der Waals surface area contributed by atoms with Crippen LogP contribution in [0.3, 0.4) is 0 Å². The first kappa shape index (κ1) is 20.6. The van der Waals surface area contributed by atoms with E-state index in [2.05, 4.69) is 16.0 Å². The van der Waals surface area contributed by atoms with Crippen LogP contribution in [-0.2, 0) is 17.8 Å². The van der Waals surface area contributed by atoms with E-state index in [9.17, 15) is 9.59 Å². The molecule has 0 saturated carbocycles. The van der Waals surface area contributed by atoms with Crippen LogP contribution in [0.5, 0.6) is 5.75 Å². The summed E-state index contributed by atoms with van der Waals surface area (Å²) >= 11 is 0. The molecular formula is C25H25N3O3. The van der Waals surface area contributed by atoms with Crippen molar-refractivity contribution in [3.05, 3.63) is 82.4 Å². The fourth-order valence-corrected chi connectivity index (χ4v) is 3.71. The van der Waals surface area contributed by atoms with Crippen molar-refractivity contribution < 1.29 is 9.53 Å².